The Hall–Kier alpha value is -1.16. The summed E-state index contributed by atoms with van der Waals surface area (Å²) in [6.07, 6.45) is 1.38. The van der Waals surface area contributed by atoms with Crippen LogP contribution >= 0.6 is 27.3 Å². The first kappa shape index (κ1) is 16.2. The molecule has 2 heterocycles. The van der Waals surface area contributed by atoms with E-state index in [1.54, 1.807) is 12.1 Å². The molecule has 0 spiro atoms. The number of halogens is 1. The van der Waals surface area contributed by atoms with E-state index in [4.69, 9.17) is 9.84 Å². The zero-order valence-electron chi connectivity index (χ0n) is 11.0. The van der Waals surface area contributed by atoms with E-state index in [1.165, 1.54) is 23.6 Å². The summed E-state index contributed by atoms with van der Waals surface area (Å²) in [7, 11) is -3.74. The normalized spacial score (nSPS) is 11.4. The molecule has 0 saturated heterocycles. The lowest BCUT2D eigenvalue weighted by Crippen LogP contribution is -2.12. The van der Waals surface area contributed by atoms with Crippen molar-refractivity contribution in [2.45, 2.75) is 18.4 Å². The molecule has 0 atom stereocenters. The zero-order chi connectivity index (χ0) is 15.5. The number of hydrogen-bond acceptors (Lipinski definition) is 6. The smallest absolute Gasteiger partial charge is 0.263 e. The topological polar surface area (TPSA) is 88.5 Å². The van der Waals surface area contributed by atoms with Crippen LogP contribution in [0, 0.1) is 0 Å². The molecule has 0 aromatic carbocycles. The number of aliphatic hydroxyl groups excluding tert-OH is 1. The van der Waals surface area contributed by atoms with Crippen molar-refractivity contribution in [3.63, 3.8) is 0 Å². The fraction of sp³-hybridized carbons (Fsp3) is 0.250. The average Bonchev–Trinajstić information content (AvgIpc) is 2.83. The number of anilines is 1. The Morgan fingerprint density at radius 1 is 1.48 bits per heavy atom. The van der Waals surface area contributed by atoms with E-state index < -0.39 is 10.0 Å². The molecule has 0 saturated carbocycles. The van der Waals surface area contributed by atoms with Crippen molar-refractivity contribution in [2.75, 3.05) is 11.3 Å². The number of ether oxygens (including phenoxy) is 1. The molecule has 9 heteroatoms. The third-order valence-corrected chi connectivity index (χ3v) is 6.05. The molecule has 0 unspecified atom stereocenters. The molecule has 2 rings (SSSR count). The van der Waals surface area contributed by atoms with Crippen LogP contribution in [0.5, 0.6) is 5.88 Å². The van der Waals surface area contributed by atoms with Crippen molar-refractivity contribution < 1.29 is 18.3 Å². The maximum Gasteiger partial charge on any atom is 0.263 e. The number of sulfonamides is 1. The van der Waals surface area contributed by atoms with Crippen molar-refractivity contribution in [2.24, 2.45) is 0 Å². The molecule has 0 amide bonds. The third-order valence-electron chi connectivity index (χ3n) is 2.43. The number of rotatable bonds is 6. The van der Waals surface area contributed by atoms with Gasteiger partial charge in [-0.05, 0) is 35.0 Å². The fourth-order valence-corrected chi connectivity index (χ4v) is 5.13. The predicted octanol–water partition coefficient (Wildman–Crippen LogP) is 2.60. The van der Waals surface area contributed by atoms with Crippen molar-refractivity contribution >= 4 is 43.0 Å². The summed E-state index contributed by atoms with van der Waals surface area (Å²) in [5, 5.41) is 9.06. The van der Waals surface area contributed by atoms with Crippen molar-refractivity contribution in [1.82, 2.24) is 4.98 Å². The Morgan fingerprint density at radius 2 is 2.24 bits per heavy atom. The van der Waals surface area contributed by atoms with Crippen LogP contribution < -0.4 is 9.46 Å². The lowest BCUT2D eigenvalue weighted by Gasteiger charge is -2.07. The minimum atomic E-state index is -3.74. The minimum Gasteiger partial charge on any atom is -0.478 e. The number of aromatic nitrogens is 1. The summed E-state index contributed by atoms with van der Waals surface area (Å²) in [6.45, 7) is 2.12. The Kier molecular flexibility index (Phi) is 5.20. The molecule has 2 aromatic heterocycles. The van der Waals surface area contributed by atoms with Gasteiger partial charge in [0.15, 0.2) is 0 Å². The summed E-state index contributed by atoms with van der Waals surface area (Å²) in [5.74, 6) is 0.430. The number of hydrogen-bond donors (Lipinski definition) is 2. The molecule has 6 nitrogen and oxygen atoms in total. The molecular formula is C12H13BrN2O4S2. The van der Waals surface area contributed by atoms with Gasteiger partial charge in [0.2, 0.25) is 5.88 Å². The molecule has 0 bridgehead atoms. The van der Waals surface area contributed by atoms with E-state index >= 15 is 0 Å². The van der Waals surface area contributed by atoms with Gasteiger partial charge in [0.1, 0.15) is 4.90 Å². The lowest BCUT2D eigenvalue weighted by atomic mass is 10.4. The molecule has 0 aliphatic carbocycles. The quantitative estimate of drug-likeness (QED) is 0.788. The molecule has 0 aliphatic rings. The average molecular weight is 393 g/mol. The molecule has 0 fully saturated rings. The van der Waals surface area contributed by atoms with E-state index in [-0.39, 0.29) is 11.5 Å². The molecular weight excluding hydrogens is 380 g/mol. The Bertz CT molecular complexity index is 713. The van der Waals surface area contributed by atoms with E-state index in [0.29, 0.717) is 26.8 Å². The second kappa shape index (κ2) is 6.73. The third kappa shape index (κ3) is 3.94. The first-order chi connectivity index (χ1) is 9.96. The van der Waals surface area contributed by atoms with Crippen LogP contribution in [0.1, 0.15) is 11.8 Å². The lowest BCUT2D eigenvalue weighted by molar-refractivity contribution is 0.285. The number of thiophene rings is 1. The van der Waals surface area contributed by atoms with Gasteiger partial charge >= 0.3 is 0 Å². The van der Waals surface area contributed by atoms with Crippen LogP contribution in [-0.2, 0) is 16.6 Å². The van der Waals surface area contributed by atoms with Crippen LogP contribution in [-0.4, -0.2) is 25.1 Å². The van der Waals surface area contributed by atoms with E-state index in [1.807, 2.05) is 6.92 Å². The SMILES string of the molecule is CCOc1ccc(NS(=O)(=O)c2cc(CO)sc2Br)cn1. The van der Waals surface area contributed by atoms with Gasteiger partial charge in [0, 0.05) is 10.9 Å². The largest absolute Gasteiger partial charge is 0.478 e. The van der Waals surface area contributed by atoms with Gasteiger partial charge < -0.3 is 9.84 Å². The van der Waals surface area contributed by atoms with Gasteiger partial charge in [-0.25, -0.2) is 13.4 Å². The van der Waals surface area contributed by atoms with E-state index in [0.717, 1.165) is 0 Å². The number of pyridine rings is 1. The van der Waals surface area contributed by atoms with Crippen LogP contribution in [0.4, 0.5) is 5.69 Å². The summed E-state index contributed by atoms with van der Waals surface area (Å²) in [4.78, 5) is 4.64. The molecule has 2 aromatic rings. The van der Waals surface area contributed by atoms with Crippen LogP contribution in [0.25, 0.3) is 0 Å². The van der Waals surface area contributed by atoms with Crippen molar-refractivity contribution in [3.05, 3.63) is 33.1 Å². The molecule has 0 aliphatic heterocycles. The monoisotopic (exact) mass is 392 g/mol. The summed E-state index contributed by atoms with van der Waals surface area (Å²) < 4.78 is 32.6. The summed E-state index contributed by atoms with van der Waals surface area (Å²) >= 11 is 4.36. The van der Waals surface area contributed by atoms with Gasteiger partial charge in [-0.1, -0.05) is 0 Å². The predicted molar refractivity (Wildman–Crippen MR) is 84.2 cm³/mol. The standard InChI is InChI=1S/C12H13BrN2O4S2/c1-2-19-11-4-3-8(6-14-11)15-21(17,18)10-5-9(7-16)20-12(10)13/h3-6,15-16H,2,7H2,1H3. The van der Waals surface area contributed by atoms with E-state index in [2.05, 4.69) is 25.6 Å². The van der Waals surface area contributed by atoms with Crippen LogP contribution in [0.2, 0.25) is 0 Å². The zero-order valence-corrected chi connectivity index (χ0v) is 14.3. The van der Waals surface area contributed by atoms with Gasteiger partial charge in [-0.2, -0.15) is 0 Å². The second-order valence-electron chi connectivity index (χ2n) is 3.93. The molecule has 21 heavy (non-hydrogen) atoms. The van der Waals surface area contributed by atoms with Gasteiger partial charge in [-0.15, -0.1) is 11.3 Å². The number of aliphatic hydroxyl groups is 1. The fourth-order valence-electron chi connectivity index (χ4n) is 1.54. The summed E-state index contributed by atoms with van der Waals surface area (Å²) in [5.41, 5.74) is 0.335. The van der Waals surface area contributed by atoms with Gasteiger partial charge in [0.25, 0.3) is 10.0 Å². The van der Waals surface area contributed by atoms with Crippen LogP contribution in [0.15, 0.2) is 33.1 Å². The maximum absolute atomic E-state index is 12.3. The highest BCUT2D eigenvalue weighted by Crippen LogP contribution is 2.32. The Balaban J connectivity index is 2.22. The first-order valence-corrected chi connectivity index (χ1v) is 9.06. The number of nitrogens with one attached hydrogen (secondary N) is 1. The highest BCUT2D eigenvalue weighted by atomic mass is 79.9. The Labute approximate surface area is 135 Å². The van der Waals surface area contributed by atoms with Crippen molar-refractivity contribution in [3.8, 4) is 5.88 Å². The van der Waals surface area contributed by atoms with Crippen LogP contribution in [0.3, 0.4) is 0 Å². The van der Waals surface area contributed by atoms with Gasteiger partial charge in [0.05, 0.1) is 28.9 Å². The molecule has 0 radical (unpaired) electrons. The highest BCUT2D eigenvalue weighted by Gasteiger charge is 2.21. The number of nitrogens with zero attached hydrogens (tertiary/aromatic N) is 1. The maximum atomic E-state index is 12.3. The van der Waals surface area contributed by atoms with E-state index in [9.17, 15) is 8.42 Å². The van der Waals surface area contributed by atoms with Crippen molar-refractivity contribution in [1.29, 1.82) is 0 Å². The summed E-state index contributed by atoms with van der Waals surface area (Å²) in [6, 6.07) is 4.59. The second-order valence-corrected chi connectivity index (χ2v) is 8.04. The first-order valence-electron chi connectivity index (χ1n) is 5.97. The Morgan fingerprint density at radius 3 is 2.76 bits per heavy atom. The van der Waals surface area contributed by atoms with Gasteiger partial charge in [-0.3, -0.25) is 4.72 Å². The molecule has 2 N–H and O–H groups in total. The highest BCUT2D eigenvalue weighted by molar-refractivity contribution is 9.11. The molecule has 114 valence electrons. The minimum absolute atomic E-state index is 0.0884.